The van der Waals surface area contributed by atoms with Crippen LogP contribution in [0.2, 0.25) is 0 Å². The van der Waals surface area contributed by atoms with E-state index in [1.54, 1.807) is 24.3 Å². The van der Waals surface area contributed by atoms with Crippen molar-refractivity contribution in [3.63, 3.8) is 0 Å². The van der Waals surface area contributed by atoms with Gasteiger partial charge in [0.25, 0.3) is 5.91 Å². The first-order chi connectivity index (χ1) is 19.0. The Morgan fingerprint density at radius 1 is 1.21 bits per heavy atom. The lowest BCUT2D eigenvalue weighted by molar-refractivity contribution is -0.101. The van der Waals surface area contributed by atoms with Crippen LogP contribution in [-0.2, 0) is 9.47 Å². The van der Waals surface area contributed by atoms with Crippen LogP contribution in [0.4, 0.5) is 10.9 Å². The molecule has 0 saturated carbocycles. The van der Waals surface area contributed by atoms with Gasteiger partial charge in [0.15, 0.2) is 5.76 Å². The van der Waals surface area contributed by atoms with E-state index >= 15 is 0 Å². The van der Waals surface area contributed by atoms with Gasteiger partial charge < -0.3 is 33.8 Å². The zero-order valence-corrected chi connectivity index (χ0v) is 21.7. The number of nitrogens with one attached hydrogen (secondary N) is 1. The lowest BCUT2D eigenvalue weighted by atomic mass is 10.0. The molecule has 0 unspecified atom stereocenters. The average molecular weight is 557 g/mol. The maximum Gasteiger partial charge on any atom is 0.379 e. The van der Waals surface area contributed by atoms with Crippen molar-refractivity contribution in [1.82, 2.24) is 20.0 Å². The number of methoxy groups -OCH3 is 2. The highest BCUT2D eigenvalue weighted by molar-refractivity contribution is 7.17. The standard InChI is InChI=1S/C24H24N6O8S/c1-33-15-4-3-5-16(34-2)19(15)14-10-17(38-22(32)20(14)37-12-13-11-35-8-9-36-13)21(31)27-23-28-29-24(39-23)30-18(25)6-7-26-30/h3-7,10,13H,8-9,11-12,25H2,1-2H3,(H,27,28,31)/t13-/m0/s1. The van der Waals surface area contributed by atoms with E-state index in [2.05, 4.69) is 20.6 Å². The van der Waals surface area contributed by atoms with Gasteiger partial charge in [-0.25, -0.2) is 4.79 Å². The number of nitrogens with two attached hydrogens (primary N) is 1. The molecule has 1 aliphatic heterocycles. The summed E-state index contributed by atoms with van der Waals surface area (Å²) in [4.78, 5) is 26.3. The topological polar surface area (TPSA) is 175 Å². The number of hydrogen-bond acceptors (Lipinski definition) is 13. The second kappa shape index (κ2) is 11.5. The zero-order valence-electron chi connectivity index (χ0n) is 20.9. The van der Waals surface area contributed by atoms with Crippen LogP contribution >= 0.6 is 11.3 Å². The minimum absolute atomic E-state index is 0.0187. The van der Waals surface area contributed by atoms with E-state index in [1.807, 2.05) is 0 Å². The second-order valence-electron chi connectivity index (χ2n) is 8.07. The van der Waals surface area contributed by atoms with Gasteiger partial charge in [0, 0.05) is 11.6 Å². The summed E-state index contributed by atoms with van der Waals surface area (Å²) in [5.74, 6) is -0.0584. The molecule has 0 aliphatic carbocycles. The van der Waals surface area contributed by atoms with Crippen LogP contribution in [0.3, 0.4) is 0 Å². The lowest BCUT2D eigenvalue weighted by Crippen LogP contribution is -2.34. The number of carbonyl (C=O) groups excluding carboxylic acids is 1. The smallest absolute Gasteiger partial charge is 0.379 e. The first-order valence-electron chi connectivity index (χ1n) is 11.6. The maximum atomic E-state index is 13.2. The van der Waals surface area contributed by atoms with Gasteiger partial charge in [-0.1, -0.05) is 17.4 Å². The van der Waals surface area contributed by atoms with Gasteiger partial charge >= 0.3 is 5.63 Å². The monoisotopic (exact) mass is 556 g/mol. The van der Waals surface area contributed by atoms with Crippen molar-refractivity contribution < 1.29 is 32.9 Å². The predicted molar refractivity (Wildman–Crippen MR) is 139 cm³/mol. The first kappa shape index (κ1) is 26.1. The van der Waals surface area contributed by atoms with Crippen molar-refractivity contribution >= 4 is 28.2 Å². The Labute approximate surface area is 225 Å². The molecule has 1 fully saturated rings. The molecule has 1 amide bonds. The molecule has 0 bridgehead atoms. The number of nitrogen functional groups attached to an aromatic ring is 1. The third-order valence-corrected chi connectivity index (χ3v) is 6.43. The number of hydrogen-bond donors (Lipinski definition) is 2. The number of benzene rings is 1. The summed E-state index contributed by atoms with van der Waals surface area (Å²) < 4.78 is 34.7. The van der Waals surface area contributed by atoms with Gasteiger partial charge in [-0.15, -0.1) is 10.2 Å². The fraction of sp³-hybridized carbons (Fsp3) is 0.292. The molecule has 1 saturated heterocycles. The summed E-state index contributed by atoms with van der Waals surface area (Å²) in [5, 5.41) is 15.0. The summed E-state index contributed by atoms with van der Waals surface area (Å²) in [6.45, 7) is 1.23. The predicted octanol–water partition coefficient (Wildman–Crippen LogP) is 1.99. The van der Waals surface area contributed by atoms with Crippen molar-refractivity contribution in [2.24, 2.45) is 0 Å². The molecule has 14 nitrogen and oxygen atoms in total. The van der Waals surface area contributed by atoms with Gasteiger partial charge in [-0.2, -0.15) is 9.78 Å². The van der Waals surface area contributed by atoms with Crippen LogP contribution in [0.15, 0.2) is 45.7 Å². The number of ether oxygens (including phenoxy) is 5. The number of amides is 1. The fourth-order valence-electron chi connectivity index (χ4n) is 3.83. The normalized spacial score (nSPS) is 15.1. The molecule has 39 heavy (non-hydrogen) atoms. The van der Waals surface area contributed by atoms with Crippen LogP contribution < -0.4 is 30.9 Å². The van der Waals surface area contributed by atoms with Gasteiger partial charge in [-0.3, -0.25) is 10.1 Å². The number of anilines is 2. The Kier molecular flexibility index (Phi) is 7.72. The number of nitrogens with zero attached hydrogens (tertiary/aromatic N) is 4. The summed E-state index contributed by atoms with van der Waals surface area (Å²) in [7, 11) is 2.95. The van der Waals surface area contributed by atoms with Crippen LogP contribution in [0.5, 0.6) is 17.2 Å². The van der Waals surface area contributed by atoms with Gasteiger partial charge in [0.2, 0.25) is 16.0 Å². The Balaban J connectivity index is 1.50. The van der Waals surface area contributed by atoms with E-state index in [1.165, 1.54) is 31.2 Å². The summed E-state index contributed by atoms with van der Waals surface area (Å²) >= 11 is 1.03. The van der Waals surface area contributed by atoms with E-state index in [9.17, 15) is 9.59 Å². The number of aromatic nitrogens is 4. The highest BCUT2D eigenvalue weighted by atomic mass is 32.1. The molecule has 3 N–H and O–H groups in total. The van der Waals surface area contributed by atoms with E-state index < -0.39 is 11.5 Å². The van der Waals surface area contributed by atoms with E-state index in [0.717, 1.165) is 11.3 Å². The number of carbonyl (C=O) groups is 1. The van der Waals surface area contributed by atoms with E-state index in [0.29, 0.717) is 47.8 Å². The van der Waals surface area contributed by atoms with Gasteiger partial charge in [-0.05, 0) is 18.2 Å². The van der Waals surface area contributed by atoms with E-state index in [4.69, 9.17) is 33.8 Å². The zero-order chi connectivity index (χ0) is 27.4. The third kappa shape index (κ3) is 5.55. The molecule has 5 rings (SSSR count). The molecule has 15 heteroatoms. The van der Waals surface area contributed by atoms with E-state index in [-0.39, 0.29) is 34.9 Å². The Morgan fingerprint density at radius 2 is 2.00 bits per heavy atom. The van der Waals surface area contributed by atoms with Crippen LogP contribution in [-0.4, -0.2) is 72.6 Å². The van der Waals surface area contributed by atoms with Crippen molar-refractivity contribution in [3.05, 3.63) is 52.7 Å². The highest BCUT2D eigenvalue weighted by Crippen LogP contribution is 2.42. The highest BCUT2D eigenvalue weighted by Gasteiger charge is 2.26. The summed E-state index contributed by atoms with van der Waals surface area (Å²) in [6.07, 6.45) is 1.12. The van der Waals surface area contributed by atoms with Crippen LogP contribution in [0.25, 0.3) is 16.3 Å². The number of rotatable bonds is 9. The largest absolute Gasteiger partial charge is 0.496 e. The molecule has 3 aromatic heterocycles. The summed E-state index contributed by atoms with van der Waals surface area (Å²) in [5.41, 5.74) is 5.59. The molecule has 0 spiro atoms. The first-order valence-corrected chi connectivity index (χ1v) is 12.5. The maximum absolute atomic E-state index is 13.2. The molecule has 4 heterocycles. The molecule has 1 aliphatic rings. The fourth-order valence-corrected chi connectivity index (χ4v) is 4.55. The SMILES string of the molecule is COc1cccc(OC)c1-c1cc(C(=O)Nc2nnc(-n3nccc3N)s2)oc(=O)c1OC[C@@H]1COCCO1. The Bertz CT molecular complexity index is 1500. The Hall–Kier alpha value is -4.47. The second-order valence-corrected chi connectivity index (χ2v) is 9.02. The molecule has 1 atom stereocenters. The molecule has 0 radical (unpaired) electrons. The van der Waals surface area contributed by atoms with Crippen molar-refractivity contribution in [2.75, 3.05) is 51.7 Å². The summed E-state index contributed by atoms with van der Waals surface area (Å²) in [6, 6.07) is 8.08. The Morgan fingerprint density at radius 3 is 2.67 bits per heavy atom. The molecule has 204 valence electrons. The van der Waals surface area contributed by atoms with Gasteiger partial charge in [0.1, 0.15) is 30.0 Å². The van der Waals surface area contributed by atoms with Crippen molar-refractivity contribution in [1.29, 1.82) is 0 Å². The lowest BCUT2D eigenvalue weighted by Gasteiger charge is -2.23. The van der Waals surface area contributed by atoms with Crippen molar-refractivity contribution in [2.45, 2.75) is 6.10 Å². The third-order valence-electron chi connectivity index (χ3n) is 5.62. The van der Waals surface area contributed by atoms with Gasteiger partial charge in [0.05, 0.1) is 45.8 Å². The molecular weight excluding hydrogens is 532 g/mol. The average Bonchev–Trinajstić information content (AvgIpc) is 3.60. The molecule has 4 aromatic rings. The molecular formula is C24H24N6O8S. The minimum atomic E-state index is -0.885. The quantitative estimate of drug-likeness (QED) is 0.307. The van der Waals surface area contributed by atoms with Crippen LogP contribution in [0, 0.1) is 0 Å². The molecule has 1 aromatic carbocycles. The van der Waals surface area contributed by atoms with Crippen molar-refractivity contribution in [3.8, 4) is 33.5 Å². The van der Waals surface area contributed by atoms with Crippen LogP contribution in [0.1, 0.15) is 10.6 Å². The minimum Gasteiger partial charge on any atom is -0.496 e.